The maximum atomic E-state index is 12.1. The quantitative estimate of drug-likeness (QED) is 0.838. The monoisotopic (exact) mass is 314 g/mol. The smallest absolute Gasteiger partial charge is 0.220 e. The fourth-order valence-electron chi connectivity index (χ4n) is 2.89. The Morgan fingerprint density at radius 2 is 2.26 bits per heavy atom. The van der Waals surface area contributed by atoms with Gasteiger partial charge in [0.2, 0.25) is 5.91 Å². The third kappa shape index (κ3) is 3.92. The van der Waals surface area contributed by atoms with Gasteiger partial charge in [0.15, 0.2) is 5.82 Å². The molecule has 1 saturated heterocycles. The number of carbonyl (C=O) groups is 1. The lowest BCUT2D eigenvalue weighted by atomic mass is 10.0. The number of tetrazole rings is 1. The average molecular weight is 314 g/mol. The molecule has 23 heavy (non-hydrogen) atoms. The van der Waals surface area contributed by atoms with Crippen LogP contribution in [0.3, 0.4) is 0 Å². The predicted molar refractivity (Wildman–Crippen MR) is 85.9 cm³/mol. The van der Waals surface area contributed by atoms with E-state index in [1.54, 1.807) is 4.68 Å². The van der Waals surface area contributed by atoms with E-state index < -0.39 is 0 Å². The zero-order valence-corrected chi connectivity index (χ0v) is 13.3. The highest BCUT2D eigenvalue weighted by Gasteiger charge is 2.19. The van der Waals surface area contributed by atoms with Gasteiger partial charge >= 0.3 is 0 Å². The third-order valence-corrected chi connectivity index (χ3v) is 4.20. The number of rotatable bonds is 6. The number of benzene rings is 1. The van der Waals surface area contributed by atoms with Gasteiger partial charge in [0.25, 0.3) is 0 Å². The van der Waals surface area contributed by atoms with Crippen molar-refractivity contribution in [3.8, 4) is 5.69 Å². The van der Waals surface area contributed by atoms with Crippen LogP contribution in [-0.2, 0) is 4.79 Å². The van der Waals surface area contributed by atoms with Crippen molar-refractivity contribution in [2.75, 3.05) is 13.1 Å². The molecule has 3 rings (SSSR count). The number of hydrogen-bond donors (Lipinski definition) is 2. The van der Waals surface area contributed by atoms with E-state index >= 15 is 0 Å². The molecule has 7 heteroatoms. The average Bonchev–Trinajstić information content (AvgIpc) is 3.25. The molecule has 1 fully saturated rings. The van der Waals surface area contributed by atoms with E-state index in [0.29, 0.717) is 18.2 Å². The van der Waals surface area contributed by atoms with Gasteiger partial charge in [-0.15, -0.1) is 5.10 Å². The summed E-state index contributed by atoms with van der Waals surface area (Å²) >= 11 is 0. The molecule has 1 aromatic heterocycles. The van der Waals surface area contributed by atoms with E-state index in [0.717, 1.165) is 31.6 Å². The van der Waals surface area contributed by atoms with Gasteiger partial charge in [-0.1, -0.05) is 18.2 Å². The van der Waals surface area contributed by atoms with Crippen LogP contribution in [0, 0.1) is 5.92 Å². The first-order valence-electron chi connectivity index (χ1n) is 8.08. The Bertz CT molecular complexity index is 635. The van der Waals surface area contributed by atoms with Gasteiger partial charge in [-0.05, 0) is 61.3 Å². The first-order valence-corrected chi connectivity index (χ1v) is 8.08. The summed E-state index contributed by atoms with van der Waals surface area (Å²) in [6, 6.07) is 9.43. The molecule has 0 aliphatic carbocycles. The van der Waals surface area contributed by atoms with Gasteiger partial charge < -0.3 is 10.6 Å². The van der Waals surface area contributed by atoms with Crippen molar-refractivity contribution in [2.24, 2.45) is 5.92 Å². The first-order chi connectivity index (χ1) is 11.2. The zero-order chi connectivity index (χ0) is 16.1. The second-order valence-corrected chi connectivity index (χ2v) is 5.97. The number of aromatic nitrogens is 4. The summed E-state index contributed by atoms with van der Waals surface area (Å²) in [6.45, 7) is 3.99. The highest BCUT2D eigenvalue weighted by Crippen LogP contribution is 2.16. The van der Waals surface area contributed by atoms with E-state index in [-0.39, 0.29) is 11.9 Å². The minimum atomic E-state index is -0.237. The van der Waals surface area contributed by atoms with Crippen molar-refractivity contribution < 1.29 is 4.79 Å². The highest BCUT2D eigenvalue weighted by molar-refractivity contribution is 5.76. The molecule has 1 aliphatic heterocycles. The second kappa shape index (κ2) is 7.32. The molecule has 1 aromatic carbocycles. The fourth-order valence-corrected chi connectivity index (χ4v) is 2.89. The zero-order valence-electron chi connectivity index (χ0n) is 13.3. The van der Waals surface area contributed by atoms with Crippen molar-refractivity contribution >= 4 is 5.91 Å². The predicted octanol–water partition coefficient (Wildman–Crippen LogP) is 1.23. The van der Waals surface area contributed by atoms with Crippen LogP contribution in [0.15, 0.2) is 30.3 Å². The SMILES string of the molecule is CC(NC(=O)CCC1CCNC1)c1nnnn1-c1ccccc1. The summed E-state index contributed by atoms with van der Waals surface area (Å²) in [7, 11) is 0. The van der Waals surface area contributed by atoms with E-state index in [9.17, 15) is 4.79 Å². The largest absolute Gasteiger partial charge is 0.346 e. The van der Waals surface area contributed by atoms with Gasteiger partial charge in [-0.2, -0.15) is 4.68 Å². The molecule has 2 unspecified atom stereocenters. The minimum absolute atomic E-state index is 0.0482. The van der Waals surface area contributed by atoms with Gasteiger partial charge in [-0.3, -0.25) is 4.79 Å². The van der Waals surface area contributed by atoms with Gasteiger partial charge in [-0.25, -0.2) is 0 Å². The third-order valence-electron chi connectivity index (χ3n) is 4.20. The maximum Gasteiger partial charge on any atom is 0.220 e. The van der Waals surface area contributed by atoms with Crippen LogP contribution in [0.2, 0.25) is 0 Å². The van der Waals surface area contributed by atoms with Crippen LogP contribution in [0.5, 0.6) is 0 Å². The lowest BCUT2D eigenvalue weighted by Crippen LogP contribution is -2.29. The Morgan fingerprint density at radius 3 is 3.00 bits per heavy atom. The Morgan fingerprint density at radius 1 is 1.43 bits per heavy atom. The second-order valence-electron chi connectivity index (χ2n) is 5.97. The Hall–Kier alpha value is -2.28. The van der Waals surface area contributed by atoms with Crippen LogP contribution >= 0.6 is 0 Å². The van der Waals surface area contributed by atoms with Crippen molar-refractivity contribution in [1.82, 2.24) is 30.8 Å². The molecule has 2 aromatic rings. The molecule has 122 valence electrons. The molecule has 1 amide bonds. The van der Waals surface area contributed by atoms with Crippen molar-refractivity contribution in [1.29, 1.82) is 0 Å². The van der Waals surface area contributed by atoms with Crippen molar-refractivity contribution in [3.05, 3.63) is 36.2 Å². The summed E-state index contributed by atoms with van der Waals surface area (Å²) in [4.78, 5) is 12.1. The van der Waals surface area contributed by atoms with Crippen molar-refractivity contribution in [2.45, 2.75) is 32.2 Å². The molecule has 2 atom stereocenters. The Kier molecular flexibility index (Phi) is 4.97. The summed E-state index contributed by atoms with van der Waals surface area (Å²) < 4.78 is 1.66. The molecule has 0 bridgehead atoms. The normalized spacial score (nSPS) is 18.7. The topological polar surface area (TPSA) is 84.7 Å². The Balaban J connectivity index is 1.59. The summed E-state index contributed by atoms with van der Waals surface area (Å²) in [5.74, 6) is 1.30. The van der Waals surface area contributed by atoms with E-state index in [2.05, 4.69) is 26.2 Å². The van der Waals surface area contributed by atoms with Crippen LogP contribution in [-0.4, -0.2) is 39.2 Å². The molecular formula is C16H22N6O. The number of nitrogens with zero attached hydrogens (tertiary/aromatic N) is 4. The van der Waals surface area contributed by atoms with Crippen molar-refractivity contribution in [3.63, 3.8) is 0 Å². The number of nitrogens with one attached hydrogen (secondary N) is 2. The number of para-hydroxylation sites is 1. The summed E-state index contributed by atoms with van der Waals surface area (Å²) in [6.07, 6.45) is 2.63. The molecule has 0 spiro atoms. The molecule has 2 heterocycles. The number of amides is 1. The summed E-state index contributed by atoms with van der Waals surface area (Å²) in [5.41, 5.74) is 0.880. The summed E-state index contributed by atoms with van der Waals surface area (Å²) in [5, 5.41) is 18.1. The molecule has 7 nitrogen and oxygen atoms in total. The van der Waals surface area contributed by atoms with Gasteiger partial charge in [0.05, 0.1) is 11.7 Å². The van der Waals surface area contributed by atoms with Crippen LogP contribution in [0.1, 0.15) is 38.1 Å². The van der Waals surface area contributed by atoms with E-state index in [1.807, 2.05) is 37.3 Å². The molecule has 1 aliphatic rings. The fraction of sp³-hybridized carbons (Fsp3) is 0.500. The van der Waals surface area contributed by atoms with E-state index in [4.69, 9.17) is 0 Å². The van der Waals surface area contributed by atoms with Crippen LogP contribution < -0.4 is 10.6 Å². The molecule has 0 saturated carbocycles. The van der Waals surface area contributed by atoms with Gasteiger partial charge in [0, 0.05) is 6.42 Å². The van der Waals surface area contributed by atoms with Crippen LogP contribution in [0.25, 0.3) is 5.69 Å². The first kappa shape index (κ1) is 15.6. The maximum absolute atomic E-state index is 12.1. The number of carbonyl (C=O) groups excluding carboxylic acids is 1. The van der Waals surface area contributed by atoms with Gasteiger partial charge in [0.1, 0.15) is 0 Å². The number of hydrogen-bond acceptors (Lipinski definition) is 5. The molecule has 2 N–H and O–H groups in total. The molecule has 0 radical (unpaired) electrons. The minimum Gasteiger partial charge on any atom is -0.346 e. The standard InChI is InChI=1S/C16H22N6O/c1-12(18-15(23)8-7-13-9-10-17-11-13)16-19-20-21-22(16)14-5-3-2-4-6-14/h2-6,12-13,17H,7-11H2,1H3,(H,18,23). The van der Waals surface area contributed by atoms with Crippen LogP contribution in [0.4, 0.5) is 0 Å². The highest BCUT2D eigenvalue weighted by atomic mass is 16.1. The lowest BCUT2D eigenvalue weighted by molar-refractivity contribution is -0.122. The molecular weight excluding hydrogens is 292 g/mol. The Labute approximate surface area is 135 Å². The van der Waals surface area contributed by atoms with E-state index in [1.165, 1.54) is 0 Å². The lowest BCUT2D eigenvalue weighted by Gasteiger charge is -2.14.